The predicted octanol–water partition coefficient (Wildman–Crippen LogP) is 3.70. The summed E-state index contributed by atoms with van der Waals surface area (Å²) in [6, 6.07) is 1.64. The van der Waals surface area contributed by atoms with Gasteiger partial charge in [0, 0.05) is 12.1 Å². The van der Waals surface area contributed by atoms with Gasteiger partial charge in [-0.05, 0) is 76.9 Å². The molecule has 3 fully saturated rings. The SMILES string of the molecule is OC1CCCCC1CCCNC1CCN(C2CCCCC2)CC1. The number of aliphatic hydroxyl groups is 1. The first-order chi connectivity index (χ1) is 11.3. The number of likely N-dealkylation sites (tertiary alicyclic amines) is 1. The van der Waals surface area contributed by atoms with Gasteiger partial charge in [-0.3, -0.25) is 0 Å². The Morgan fingerprint density at radius 1 is 0.826 bits per heavy atom. The predicted molar refractivity (Wildman–Crippen MR) is 96.7 cm³/mol. The van der Waals surface area contributed by atoms with Gasteiger partial charge in [-0.1, -0.05) is 32.1 Å². The van der Waals surface area contributed by atoms with E-state index in [0.717, 1.165) is 25.0 Å². The van der Waals surface area contributed by atoms with Gasteiger partial charge in [0.15, 0.2) is 0 Å². The number of nitrogens with zero attached hydrogens (tertiary/aromatic N) is 1. The van der Waals surface area contributed by atoms with Gasteiger partial charge in [0.05, 0.1) is 6.10 Å². The van der Waals surface area contributed by atoms with Crippen molar-refractivity contribution in [3.05, 3.63) is 0 Å². The lowest BCUT2D eigenvalue weighted by Gasteiger charge is -2.39. The molecule has 0 aromatic carbocycles. The molecule has 0 aromatic rings. The molecule has 0 bridgehead atoms. The van der Waals surface area contributed by atoms with E-state index in [1.165, 1.54) is 90.1 Å². The molecule has 1 aliphatic heterocycles. The van der Waals surface area contributed by atoms with Crippen LogP contribution in [-0.4, -0.2) is 47.8 Å². The average molecular weight is 323 g/mol. The van der Waals surface area contributed by atoms with Gasteiger partial charge >= 0.3 is 0 Å². The largest absolute Gasteiger partial charge is 0.393 e. The van der Waals surface area contributed by atoms with Crippen LogP contribution in [0.2, 0.25) is 0 Å². The van der Waals surface area contributed by atoms with E-state index >= 15 is 0 Å². The Bertz CT molecular complexity index is 322. The standard InChI is InChI=1S/C20H38N2O/c23-20-11-5-4-7-17(20)8-6-14-21-18-12-15-22(16-13-18)19-9-2-1-3-10-19/h17-21,23H,1-16H2. The van der Waals surface area contributed by atoms with Gasteiger partial charge in [0.25, 0.3) is 0 Å². The quantitative estimate of drug-likeness (QED) is 0.732. The third-order valence-corrected chi connectivity index (χ3v) is 6.67. The molecule has 3 rings (SSSR count). The Kier molecular flexibility index (Phi) is 7.22. The molecule has 0 aromatic heterocycles. The summed E-state index contributed by atoms with van der Waals surface area (Å²) in [5.74, 6) is 0.582. The molecule has 1 heterocycles. The number of hydrogen-bond donors (Lipinski definition) is 2. The highest BCUT2D eigenvalue weighted by Gasteiger charge is 2.26. The highest BCUT2D eigenvalue weighted by molar-refractivity contribution is 4.83. The molecule has 0 amide bonds. The first kappa shape index (κ1) is 17.7. The molecule has 0 radical (unpaired) electrons. The first-order valence-corrected chi connectivity index (χ1v) is 10.5. The summed E-state index contributed by atoms with van der Waals surface area (Å²) in [6.45, 7) is 3.77. The van der Waals surface area contributed by atoms with Crippen LogP contribution in [0, 0.1) is 5.92 Å². The topological polar surface area (TPSA) is 35.5 Å². The molecule has 3 aliphatic rings. The van der Waals surface area contributed by atoms with Crippen molar-refractivity contribution in [1.82, 2.24) is 10.2 Å². The van der Waals surface area contributed by atoms with Crippen LogP contribution in [0.15, 0.2) is 0 Å². The molecular weight excluding hydrogens is 284 g/mol. The van der Waals surface area contributed by atoms with Gasteiger partial charge in [-0.2, -0.15) is 0 Å². The van der Waals surface area contributed by atoms with Crippen LogP contribution in [0.4, 0.5) is 0 Å². The zero-order valence-corrected chi connectivity index (χ0v) is 15.0. The maximum absolute atomic E-state index is 10.0. The molecule has 2 saturated carbocycles. The van der Waals surface area contributed by atoms with Gasteiger partial charge in [-0.15, -0.1) is 0 Å². The third-order valence-electron chi connectivity index (χ3n) is 6.67. The van der Waals surface area contributed by atoms with Crippen LogP contribution >= 0.6 is 0 Å². The number of nitrogens with one attached hydrogen (secondary N) is 1. The van der Waals surface area contributed by atoms with Crippen molar-refractivity contribution in [3.63, 3.8) is 0 Å². The lowest BCUT2D eigenvalue weighted by molar-refractivity contribution is 0.0639. The molecule has 134 valence electrons. The minimum atomic E-state index is -0.0116. The van der Waals surface area contributed by atoms with Crippen LogP contribution in [0.5, 0.6) is 0 Å². The maximum Gasteiger partial charge on any atom is 0.0568 e. The van der Waals surface area contributed by atoms with Gasteiger partial charge in [-0.25, -0.2) is 0 Å². The molecule has 0 spiro atoms. The maximum atomic E-state index is 10.0. The summed E-state index contributed by atoms with van der Waals surface area (Å²) in [6.07, 6.45) is 17.2. The van der Waals surface area contributed by atoms with E-state index in [0.29, 0.717) is 5.92 Å². The smallest absolute Gasteiger partial charge is 0.0568 e. The van der Waals surface area contributed by atoms with Crippen LogP contribution in [-0.2, 0) is 0 Å². The van der Waals surface area contributed by atoms with Gasteiger partial charge in [0.2, 0.25) is 0 Å². The fourth-order valence-electron chi connectivity index (χ4n) is 5.11. The van der Waals surface area contributed by atoms with E-state index in [-0.39, 0.29) is 6.10 Å². The monoisotopic (exact) mass is 322 g/mol. The summed E-state index contributed by atoms with van der Waals surface area (Å²) >= 11 is 0. The zero-order valence-electron chi connectivity index (χ0n) is 15.0. The summed E-state index contributed by atoms with van der Waals surface area (Å²) in [7, 11) is 0. The van der Waals surface area contributed by atoms with Crippen molar-refractivity contribution in [1.29, 1.82) is 0 Å². The second-order valence-corrected chi connectivity index (χ2v) is 8.31. The van der Waals surface area contributed by atoms with E-state index in [1.807, 2.05) is 0 Å². The molecule has 3 nitrogen and oxygen atoms in total. The number of aliphatic hydroxyl groups excluding tert-OH is 1. The van der Waals surface area contributed by atoms with Crippen LogP contribution in [0.25, 0.3) is 0 Å². The molecule has 1 saturated heterocycles. The average Bonchev–Trinajstić information content (AvgIpc) is 2.61. The van der Waals surface area contributed by atoms with E-state index in [1.54, 1.807) is 0 Å². The zero-order chi connectivity index (χ0) is 15.9. The second-order valence-electron chi connectivity index (χ2n) is 8.31. The number of hydrogen-bond acceptors (Lipinski definition) is 3. The fourth-order valence-corrected chi connectivity index (χ4v) is 5.11. The molecular formula is C20H38N2O. The van der Waals surface area contributed by atoms with Crippen LogP contribution in [0.1, 0.15) is 83.5 Å². The first-order valence-electron chi connectivity index (χ1n) is 10.5. The fraction of sp³-hybridized carbons (Fsp3) is 1.00. The summed E-state index contributed by atoms with van der Waals surface area (Å²) < 4.78 is 0. The minimum Gasteiger partial charge on any atom is -0.393 e. The molecule has 23 heavy (non-hydrogen) atoms. The van der Waals surface area contributed by atoms with Gasteiger partial charge in [0.1, 0.15) is 0 Å². The van der Waals surface area contributed by atoms with Crippen molar-refractivity contribution in [3.8, 4) is 0 Å². The number of rotatable bonds is 6. The van der Waals surface area contributed by atoms with E-state index in [9.17, 15) is 5.11 Å². The Morgan fingerprint density at radius 2 is 1.52 bits per heavy atom. The highest BCUT2D eigenvalue weighted by Crippen LogP contribution is 2.28. The lowest BCUT2D eigenvalue weighted by atomic mass is 9.83. The van der Waals surface area contributed by atoms with Crippen molar-refractivity contribution < 1.29 is 5.11 Å². The number of piperidine rings is 1. The Labute approximate surface area is 143 Å². The van der Waals surface area contributed by atoms with Crippen molar-refractivity contribution in [2.45, 2.75) is 102 Å². The minimum absolute atomic E-state index is 0.0116. The van der Waals surface area contributed by atoms with Crippen molar-refractivity contribution >= 4 is 0 Å². The second kappa shape index (κ2) is 9.39. The van der Waals surface area contributed by atoms with E-state index in [2.05, 4.69) is 10.2 Å². The van der Waals surface area contributed by atoms with E-state index in [4.69, 9.17) is 0 Å². The van der Waals surface area contributed by atoms with Crippen LogP contribution in [0.3, 0.4) is 0 Å². The Balaban J connectivity index is 1.26. The van der Waals surface area contributed by atoms with Crippen molar-refractivity contribution in [2.75, 3.05) is 19.6 Å². The van der Waals surface area contributed by atoms with Gasteiger partial charge < -0.3 is 15.3 Å². The summed E-state index contributed by atoms with van der Waals surface area (Å²) in [4.78, 5) is 2.77. The normalized spacial score (nSPS) is 32.2. The molecule has 2 aliphatic carbocycles. The molecule has 2 N–H and O–H groups in total. The lowest BCUT2D eigenvalue weighted by Crippen LogP contribution is -2.47. The highest BCUT2D eigenvalue weighted by atomic mass is 16.3. The molecule has 2 unspecified atom stereocenters. The molecule has 2 atom stereocenters. The van der Waals surface area contributed by atoms with Crippen molar-refractivity contribution in [2.24, 2.45) is 5.92 Å². The Morgan fingerprint density at radius 3 is 2.26 bits per heavy atom. The molecule has 3 heteroatoms. The Hall–Kier alpha value is -0.120. The van der Waals surface area contributed by atoms with E-state index < -0.39 is 0 Å². The third kappa shape index (κ3) is 5.44. The summed E-state index contributed by atoms with van der Waals surface area (Å²) in [5, 5.41) is 13.8. The van der Waals surface area contributed by atoms with Crippen LogP contribution < -0.4 is 5.32 Å². The summed E-state index contributed by atoms with van der Waals surface area (Å²) in [5.41, 5.74) is 0.